The molecule has 25 heavy (non-hydrogen) atoms. The summed E-state index contributed by atoms with van der Waals surface area (Å²) < 4.78 is 32.7. The maximum atomic E-state index is 12.4. The van der Waals surface area contributed by atoms with Crippen molar-refractivity contribution in [2.75, 3.05) is 7.11 Å². The first-order valence-electron chi connectivity index (χ1n) is 7.85. The summed E-state index contributed by atoms with van der Waals surface area (Å²) in [6.45, 7) is 0. The molecule has 0 radical (unpaired) electrons. The predicted octanol–water partition coefficient (Wildman–Crippen LogP) is 3.27. The Hall–Kier alpha value is -2.05. The Bertz CT molecular complexity index is 881. The second kappa shape index (κ2) is 7.45. The molecule has 2 aromatic carbocycles. The molecule has 0 atom stereocenters. The average Bonchev–Trinajstić information content (AvgIpc) is 2.60. The van der Waals surface area contributed by atoms with Crippen molar-refractivity contribution in [3.05, 3.63) is 48.5 Å². The van der Waals surface area contributed by atoms with Crippen LogP contribution in [-0.4, -0.2) is 32.8 Å². The van der Waals surface area contributed by atoms with E-state index in [2.05, 4.69) is 27.1 Å². The van der Waals surface area contributed by atoms with Crippen molar-refractivity contribution in [1.29, 1.82) is 0 Å². The molecule has 130 valence electrons. The monoisotopic (exact) mass is 374 g/mol. The average molecular weight is 374 g/mol. The first-order chi connectivity index (χ1) is 12.0. The number of methoxy groups -OCH3 is 1. The van der Waals surface area contributed by atoms with E-state index in [1.807, 2.05) is 24.3 Å². The Morgan fingerprint density at radius 2 is 1.64 bits per heavy atom. The van der Waals surface area contributed by atoms with Crippen molar-refractivity contribution in [3.63, 3.8) is 0 Å². The van der Waals surface area contributed by atoms with Gasteiger partial charge in [-0.25, -0.2) is 18.1 Å². The normalized spacial score (nSPS) is 19.6. The highest BCUT2D eigenvalue weighted by Gasteiger charge is 2.32. The van der Waals surface area contributed by atoms with Gasteiger partial charge < -0.3 is 4.74 Å². The van der Waals surface area contributed by atoms with Crippen LogP contribution in [0.3, 0.4) is 0 Å². The third-order valence-corrected chi connectivity index (χ3v) is 5.90. The van der Waals surface area contributed by atoms with Crippen molar-refractivity contribution in [3.8, 4) is 16.9 Å². The minimum absolute atomic E-state index is 0.0858. The molecule has 0 amide bonds. The first-order valence-corrected chi connectivity index (χ1v) is 9.75. The van der Waals surface area contributed by atoms with E-state index in [0.717, 1.165) is 16.9 Å². The number of ether oxygens (including phenoxy) is 1. The van der Waals surface area contributed by atoms with E-state index in [0.29, 0.717) is 12.8 Å². The number of aliphatic imine (C=N–C) groups is 1. The molecule has 0 aromatic heterocycles. The molecule has 0 saturated heterocycles. The molecule has 0 unspecified atom stereocenters. The molecular formula is C18H18N2O3S2. The summed E-state index contributed by atoms with van der Waals surface area (Å²) in [5, 5.41) is 2.34. The number of sulfonamides is 1. The van der Waals surface area contributed by atoms with Crippen molar-refractivity contribution in [2.45, 2.75) is 29.8 Å². The van der Waals surface area contributed by atoms with E-state index < -0.39 is 10.0 Å². The SMILES string of the molecule is COc1ccc(-c2ccc(S(=O)(=O)N[C@H]3C[C@@H](N=C=S)C3)cc2)cc1. The minimum atomic E-state index is -3.53. The number of hydrogen-bond donors (Lipinski definition) is 1. The molecule has 1 aliphatic carbocycles. The van der Waals surface area contributed by atoms with Gasteiger partial charge in [0.25, 0.3) is 0 Å². The van der Waals surface area contributed by atoms with Crippen LogP contribution in [0.15, 0.2) is 58.4 Å². The summed E-state index contributed by atoms with van der Waals surface area (Å²) in [6.07, 6.45) is 1.32. The van der Waals surface area contributed by atoms with Gasteiger partial charge in [-0.3, -0.25) is 0 Å². The highest BCUT2D eigenvalue weighted by molar-refractivity contribution is 7.89. The van der Waals surface area contributed by atoms with Gasteiger partial charge in [0.15, 0.2) is 0 Å². The lowest BCUT2D eigenvalue weighted by atomic mass is 9.88. The third kappa shape index (κ3) is 4.14. The molecule has 1 saturated carbocycles. The number of isothiocyanates is 1. The van der Waals surface area contributed by atoms with Gasteiger partial charge in [0, 0.05) is 6.04 Å². The van der Waals surface area contributed by atoms with Gasteiger partial charge in [-0.05, 0) is 60.5 Å². The fraction of sp³-hybridized carbons (Fsp3) is 0.278. The largest absolute Gasteiger partial charge is 0.497 e. The summed E-state index contributed by atoms with van der Waals surface area (Å²) in [7, 11) is -1.91. The van der Waals surface area contributed by atoms with Crippen LogP contribution in [0.5, 0.6) is 5.75 Å². The fourth-order valence-electron chi connectivity index (χ4n) is 2.76. The molecule has 7 heteroatoms. The maximum absolute atomic E-state index is 12.4. The molecule has 0 aliphatic heterocycles. The summed E-state index contributed by atoms with van der Waals surface area (Å²) in [6, 6.07) is 14.4. The molecule has 2 aromatic rings. The third-order valence-electron chi connectivity index (χ3n) is 4.26. The number of benzene rings is 2. The molecule has 1 fully saturated rings. The van der Waals surface area contributed by atoms with Gasteiger partial charge in [-0.2, -0.15) is 0 Å². The Morgan fingerprint density at radius 3 is 2.16 bits per heavy atom. The molecule has 1 N–H and O–H groups in total. The molecule has 0 bridgehead atoms. The number of hydrogen-bond acceptors (Lipinski definition) is 5. The van der Waals surface area contributed by atoms with Crippen LogP contribution in [0.4, 0.5) is 0 Å². The lowest BCUT2D eigenvalue weighted by molar-refractivity contribution is 0.330. The minimum Gasteiger partial charge on any atom is -0.497 e. The van der Waals surface area contributed by atoms with Crippen molar-refractivity contribution < 1.29 is 13.2 Å². The van der Waals surface area contributed by atoms with Gasteiger partial charge in [-0.15, -0.1) is 0 Å². The van der Waals surface area contributed by atoms with E-state index in [1.165, 1.54) is 0 Å². The number of nitrogens with one attached hydrogen (secondary N) is 1. The zero-order chi connectivity index (χ0) is 17.9. The summed E-state index contributed by atoms with van der Waals surface area (Å²) in [5.74, 6) is 0.781. The standard InChI is InChI=1S/C18H18N2O3S2/c1-23-17-6-2-13(3-7-17)14-4-8-18(9-5-14)25(21,22)20-16-10-15(11-16)19-12-24/h2-9,15-16,20H,10-11H2,1H3/t15-,16+. The second-order valence-electron chi connectivity index (χ2n) is 5.92. The highest BCUT2D eigenvalue weighted by atomic mass is 32.2. The maximum Gasteiger partial charge on any atom is 0.240 e. The van der Waals surface area contributed by atoms with Crippen LogP contribution < -0.4 is 9.46 Å². The van der Waals surface area contributed by atoms with Gasteiger partial charge in [0.2, 0.25) is 10.0 Å². The highest BCUT2D eigenvalue weighted by Crippen LogP contribution is 2.26. The van der Waals surface area contributed by atoms with Crippen LogP contribution in [0, 0.1) is 0 Å². The number of nitrogens with zero attached hydrogens (tertiary/aromatic N) is 1. The van der Waals surface area contributed by atoms with Crippen LogP contribution in [-0.2, 0) is 10.0 Å². The Balaban J connectivity index is 1.69. The Kier molecular flexibility index (Phi) is 5.30. The topological polar surface area (TPSA) is 67.8 Å². The van der Waals surface area contributed by atoms with E-state index in [-0.39, 0.29) is 17.0 Å². The fourth-order valence-corrected chi connectivity index (χ4v) is 4.17. The predicted molar refractivity (Wildman–Crippen MR) is 101 cm³/mol. The van der Waals surface area contributed by atoms with Gasteiger partial charge in [0.1, 0.15) is 5.75 Å². The van der Waals surface area contributed by atoms with Gasteiger partial charge >= 0.3 is 0 Å². The lowest BCUT2D eigenvalue weighted by Gasteiger charge is -2.31. The lowest BCUT2D eigenvalue weighted by Crippen LogP contribution is -2.46. The Labute approximate surface area is 152 Å². The van der Waals surface area contributed by atoms with Crippen LogP contribution >= 0.6 is 12.2 Å². The second-order valence-corrected chi connectivity index (χ2v) is 7.81. The van der Waals surface area contributed by atoms with Gasteiger partial charge in [-0.1, -0.05) is 24.3 Å². The van der Waals surface area contributed by atoms with E-state index in [1.54, 1.807) is 31.4 Å². The number of thiocarbonyl (C=S) groups is 1. The summed E-state index contributed by atoms with van der Waals surface area (Å²) >= 11 is 4.56. The van der Waals surface area contributed by atoms with E-state index >= 15 is 0 Å². The molecule has 3 rings (SSSR count). The first kappa shape index (κ1) is 17.8. The molecule has 5 nitrogen and oxygen atoms in total. The van der Waals surface area contributed by atoms with E-state index in [9.17, 15) is 8.42 Å². The molecule has 0 spiro atoms. The van der Waals surface area contributed by atoms with Crippen LogP contribution in [0.25, 0.3) is 11.1 Å². The quantitative estimate of drug-likeness (QED) is 0.622. The van der Waals surface area contributed by atoms with Crippen molar-refractivity contribution in [2.24, 2.45) is 4.99 Å². The van der Waals surface area contributed by atoms with Crippen LogP contribution in [0.1, 0.15) is 12.8 Å². The van der Waals surface area contributed by atoms with E-state index in [4.69, 9.17) is 4.74 Å². The number of rotatable bonds is 6. The zero-order valence-electron chi connectivity index (χ0n) is 13.7. The molecule has 0 heterocycles. The summed E-state index contributed by atoms with van der Waals surface area (Å²) in [4.78, 5) is 4.22. The van der Waals surface area contributed by atoms with Crippen LogP contribution in [0.2, 0.25) is 0 Å². The zero-order valence-corrected chi connectivity index (χ0v) is 15.3. The Morgan fingerprint density at radius 1 is 1.08 bits per heavy atom. The van der Waals surface area contributed by atoms with Gasteiger partial charge in [0.05, 0.1) is 23.2 Å². The molecular weight excluding hydrogens is 356 g/mol. The summed E-state index contributed by atoms with van der Waals surface area (Å²) in [5.41, 5.74) is 1.94. The molecule has 1 aliphatic rings. The smallest absolute Gasteiger partial charge is 0.240 e. The van der Waals surface area contributed by atoms with Crippen molar-refractivity contribution in [1.82, 2.24) is 4.72 Å². The van der Waals surface area contributed by atoms with Crippen molar-refractivity contribution >= 4 is 27.4 Å².